The minimum atomic E-state index is -0.329. The number of hydrogen-bond acceptors (Lipinski definition) is 8. The minimum absolute atomic E-state index is 0.0957. The Kier molecular flexibility index (Phi) is 5.57. The molecule has 1 unspecified atom stereocenters. The van der Waals surface area contributed by atoms with Crippen LogP contribution in [0.1, 0.15) is 11.1 Å². The summed E-state index contributed by atoms with van der Waals surface area (Å²) in [6.07, 6.45) is 7.51. The maximum Gasteiger partial charge on any atom is 0.194 e. The molecule has 3 heterocycles. The standard InChI is InChI=1S/C25H19N5O2S/c1-32-22-7-3-2-5-19(22)18-6-4-12-30(21(18)15-31)25-29-23-24(33-25)28-20(14-27-23)17-10-8-16(13-26)9-11-17/h2-12,14,21,31H,15H2,1H3. The second kappa shape index (κ2) is 8.82. The van der Waals surface area contributed by atoms with Crippen molar-refractivity contribution in [3.63, 3.8) is 0 Å². The molecule has 1 aliphatic rings. The topological polar surface area (TPSA) is 95.2 Å². The van der Waals surface area contributed by atoms with Gasteiger partial charge in [-0.15, -0.1) is 0 Å². The fraction of sp³-hybridized carbons (Fsp3) is 0.120. The van der Waals surface area contributed by atoms with Gasteiger partial charge in [-0.25, -0.2) is 9.97 Å². The van der Waals surface area contributed by atoms with E-state index in [9.17, 15) is 5.11 Å². The van der Waals surface area contributed by atoms with Gasteiger partial charge in [0.15, 0.2) is 15.6 Å². The molecule has 0 bridgehead atoms. The Morgan fingerprint density at radius 2 is 1.97 bits per heavy atom. The van der Waals surface area contributed by atoms with E-state index in [0.717, 1.165) is 22.4 Å². The van der Waals surface area contributed by atoms with E-state index in [1.54, 1.807) is 25.4 Å². The zero-order chi connectivity index (χ0) is 22.8. The molecule has 33 heavy (non-hydrogen) atoms. The van der Waals surface area contributed by atoms with Crippen molar-refractivity contribution in [1.82, 2.24) is 15.0 Å². The number of benzene rings is 2. The van der Waals surface area contributed by atoms with Crippen LogP contribution in [0.5, 0.6) is 5.75 Å². The Hall–Kier alpha value is -4.06. The van der Waals surface area contributed by atoms with E-state index in [1.165, 1.54) is 11.3 Å². The normalized spacial score (nSPS) is 15.4. The smallest absolute Gasteiger partial charge is 0.194 e. The van der Waals surface area contributed by atoms with E-state index in [2.05, 4.69) is 16.0 Å². The molecule has 2 aromatic carbocycles. The molecule has 0 fully saturated rings. The number of ether oxygens (including phenoxy) is 1. The summed E-state index contributed by atoms with van der Waals surface area (Å²) >= 11 is 1.41. The van der Waals surface area contributed by atoms with E-state index >= 15 is 0 Å². The highest BCUT2D eigenvalue weighted by Crippen LogP contribution is 2.37. The number of aromatic nitrogens is 3. The summed E-state index contributed by atoms with van der Waals surface area (Å²) in [7, 11) is 1.64. The van der Waals surface area contributed by atoms with Crippen molar-refractivity contribution in [1.29, 1.82) is 5.26 Å². The average molecular weight is 454 g/mol. The molecule has 4 aromatic rings. The third-order valence-electron chi connectivity index (χ3n) is 5.45. The largest absolute Gasteiger partial charge is 0.496 e. The van der Waals surface area contributed by atoms with Gasteiger partial charge in [-0.2, -0.15) is 10.2 Å². The van der Waals surface area contributed by atoms with Gasteiger partial charge >= 0.3 is 0 Å². The van der Waals surface area contributed by atoms with Crippen LogP contribution < -0.4 is 9.64 Å². The molecule has 8 heteroatoms. The van der Waals surface area contributed by atoms with Crippen molar-refractivity contribution < 1.29 is 9.84 Å². The van der Waals surface area contributed by atoms with E-state index in [1.807, 2.05) is 59.7 Å². The molecule has 0 amide bonds. The van der Waals surface area contributed by atoms with Gasteiger partial charge in [0.2, 0.25) is 0 Å². The molecule has 0 spiro atoms. The highest BCUT2D eigenvalue weighted by atomic mass is 32.1. The van der Waals surface area contributed by atoms with Crippen LogP contribution in [-0.4, -0.2) is 39.8 Å². The number of nitriles is 1. The zero-order valence-electron chi connectivity index (χ0n) is 17.7. The van der Waals surface area contributed by atoms with Crippen LogP contribution in [0.15, 0.2) is 73.1 Å². The third kappa shape index (κ3) is 3.84. The zero-order valence-corrected chi connectivity index (χ0v) is 18.5. The molecule has 1 aliphatic heterocycles. The molecule has 162 valence electrons. The van der Waals surface area contributed by atoms with Gasteiger partial charge in [0.25, 0.3) is 0 Å². The maximum atomic E-state index is 10.3. The highest BCUT2D eigenvalue weighted by molar-refractivity contribution is 7.21. The number of methoxy groups -OCH3 is 1. The number of anilines is 1. The number of aliphatic hydroxyl groups is 1. The van der Waals surface area contributed by atoms with Gasteiger partial charge in [0.05, 0.1) is 43.3 Å². The van der Waals surface area contributed by atoms with E-state index in [-0.39, 0.29) is 12.6 Å². The monoisotopic (exact) mass is 453 g/mol. The highest BCUT2D eigenvalue weighted by Gasteiger charge is 2.28. The van der Waals surface area contributed by atoms with Crippen molar-refractivity contribution in [3.05, 3.63) is 84.2 Å². The minimum Gasteiger partial charge on any atom is -0.496 e. The van der Waals surface area contributed by atoms with Crippen LogP contribution in [0.3, 0.4) is 0 Å². The molecule has 1 atom stereocenters. The molecular weight excluding hydrogens is 434 g/mol. The number of aliphatic hydroxyl groups excluding tert-OH is 1. The fourth-order valence-corrected chi connectivity index (χ4v) is 4.75. The second-order valence-corrected chi connectivity index (χ2v) is 8.30. The number of para-hydroxylation sites is 1. The third-order valence-corrected chi connectivity index (χ3v) is 6.40. The van der Waals surface area contributed by atoms with Crippen LogP contribution in [0.4, 0.5) is 5.13 Å². The van der Waals surface area contributed by atoms with Crippen LogP contribution in [-0.2, 0) is 0 Å². The molecule has 1 N–H and O–H groups in total. The van der Waals surface area contributed by atoms with Crippen molar-refractivity contribution in [2.45, 2.75) is 6.04 Å². The predicted octanol–water partition coefficient (Wildman–Crippen LogP) is 4.41. The Morgan fingerprint density at radius 1 is 1.15 bits per heavy atom. The molecule has 2 aromatic heterocycles. The Morgan fingerprint density at radius 3 is 2.73 bits per heavy atom. The van der Waals surface area contributed by atoms with Crippen molar-refractivity contribution >= 4 is 32.5 Å². The van der Waals surface area contributed by atoms with Gasteiger partial charge in [-0.1, -0.05) is 47.7 Å². The van der Waals surface area contributed by atoms with Crippen LogP contribution in [0.25, 0.3) is 27.3 Å². The second-order valence-electron chi connectivity index (χ2n) is 7.34. The number of fused-ring (bicyclic) bond motifs is 1. The van der Waals surface area contributed by atoms with E-state index in [0.29, 0.717) is 26.9 Å². The lowest BCUT2D eigenvalue weighted by molar-refractivity contribution is 0.285. The van der Waals surface area contributed by atoms with Gasteiger partial charge in [-0.3, -0.25) is 0 Å². The first kappa shape index (κ1) is 20.8. The van der Waals surface area contributed by atoms with Crippen molar-refractivity contribution in [3.8, 4) is 23.1 Å². The lowest BCUT2D eigenvalue weighted by Crippen LogP contribution is -2.36. The quantitative estimate of drug-likeness (QED) is 0.478. The molecule has 7 nitrogen and oxygen atoms in total. The molecule has 0 aliphatic carbocycles. The van der Waals surface area contributed by atoms with Crippen molar-refractivity contribution in [2.24, 2.45) is 0 Å². The van der Waals surface area contributed by atoms with Gasteiger partial charge < -0.3 is 14.7 Å². The SMILES string of the molecule is COc1ccccc1C1=CC=CN(c2nc3ncc(-c4ccc(C#N)cc4)nc3s2)C1CO. The fourth-order valence-electron chi connectivity index (χ4n) is 3.82. The number of hydrogen-bond donors (Lipinski definition) is 1. The van der Waals surface area contributed by atoms with Crippen LogP contribution in [0.2, 0.25) is 0 Å². The molecule has 5 rings (SSSR count). The number of allylic oxidation sites excluding steroid dienone is 2. The predicted molar refractivity (Wildman–Crippen MR) is 129 cm³/mol. The summed E-state index contributed by atoms with van der Waals surface area (Å²) in [6, 6.07) is 16.8. The number of thiazole rings is 1. The summed E-state index contributed by atoms with van der Waals surface area (Å²) in [5.74, 6) is 0.747. The molecule has 0 saturated heterocycles. The Labute approximate surface area is 194 Å². The number of rotatable bonds is 5. The molecule has 0 saturated carbocycles. The average Bonchev–Trinajstić information content (AvgIpc) is 3.31. The van der Waals surface area contributed by atoms with Gasteiger partial charge in [-0.05, 0) is 29.8 Å². The first-order valence-corrected chi connectivity index (χ1v) is 11.1. The van der Waals surface area contributed by atoms with E-state index in [4.69, 9.17) is 15.0 Å². The summed E-state index contributed by atoms with van der Waals surface area (Å²) in [6.45, 7) is -0.0957. The van der Waals surface area contributed by atoms with Gasteiger partial charge in [0.1, 0.15) is 5.75 Å². The van der Waals surface area contributed by atoms with Gasteiger partial charge in [0, 0.05) is 17.3 Å². The first-order chi connectivity index (χ1) is 16.2. The summed E-state index contributed by atoms with van der Waals surface area (Å²) in [4.78, 5) is 16.5. The maximum absolute atomic E-state index is 10.3. The number of nitrogens with zero attached hydrogens (tertiary/aromatic N) is 5. The molecular formula is C25H19N5O2S. The summed E-state index contributed by atoms with van der Waals surface area (Å²) in [5.41, 5.74) is 4.60. The van der Waals surface area contributed by atoms with Crippen LogP contribution in [0, 0.1) is 11.3 Å². The lowest BCUT2D eigenvalue weighted by Gasteiger charge is -2.32. The Balaban J connectivity index is 1.50. The van der Waals surface area contributed by atoms with E-state index < -0.39 is 0 Å². The van der Waals surface area contributed by atoms with Crippen LogP contribution >= 0.6 is 11.3 Å². The first-order valence-electron chi connectivity index (χ1n) is 10.3. The summed E-state index contributed by atoms with van der Waals surface area (Å²) < 4.78 is 5.53. The van der Waals surface area contributed by atoms with Crippen molar-refractivity contribution in [2.75, 3.05) is 18.6 Å². The Bertz CT molecular complexity index is 1420. The summed E-state index contributed by atoms with van der Waals surface area (Å²) in [5, 5.41) is 20.0. The lowest BCUT2D eigenvalue weighted by atomic mass is 9.95. The molecule has 0 radical (unpaired) electrons.